The highest BCUT2D eigenvalue weighted by Gasteiger charge is 2.30. The van der Waals surface area contributed by atoms with Crippen molar-refractivity contribution in [2.75, 3.05) is 49.3 Å². The van der Waals surface area contributed by atoms with E-state index in [9.17, 15) is 18.0 Å². The molecular weight excluding hydrogens is 528 g/mol. The molecule has 0 unspecified atom stereocenters. The van der Waals surface area contributed by atoms with Crippen LogP contribution in [0.1, 0.15) is 33.3 Å². The Kier molecular flexibility index (Phi) is 6.41. The predicted octanol–water partition coefficient (Wildman–Crippen LogP) is 1.22. The molecule has 1 saturated heterocycles. The smallest absolute Gasteiger partial charge is 0.273 e. The van der Waals surface area contributed by atoms with Crippen LogP contribution in [0.3, 0.4) is 0 Å². The van der Waals surface area contributed by atoms with Gasteiger partial charge in [0, 0.05) is 36.2 Å². The topological polar surface area (TPSA) is 182 Å². The van der Waals surface area contributed by atoms with Crippen LogP contribution in [0.4, 0.5) is 17.2 Å². The molecule has 206 valence electrons. The second-order valence-corrected chi connectivity index (χ2v) is 11.5. The standard InChI is InChI=1S/C24H28N8O6S/c1-25-23(34)20-17(12-18(29-30-20)27-22(33)14-6-7-14)26-16-5-3-4-15(21(16)37-2)24-28-19(31-38-24)13-32-8-10-39(35,36)11-9-32/h3-5,12,14H,6-11,13H2,1-2H3,(H,25,34)(H2,26,27,29,33)/i1D3. The lowest BCUT2D eigenvalue weighted by atomic mass is 10.1. The first-order valence-electron chi connectivity index (χ1n) is 13.6. The fourth-order valence-corrected chi connectivity index (χ4v) is 5.33. The fraction of sp³-hybridized carbons (Fsp3) is 0.417. The van der Waals surface area contributed by atoms with E-state index in [1.165, 1.54) is 13.2 Å². The average Bonchev–Trinajstić information content (AvgIpc) is 3.68. The van der Waals surface area contributed by atoms with E-state index in [0.717, 1.165) is 12.8 Å². The summed E-state index contributed by atoms with van der Waals surface area (Å²) in [5.41, 5.74) is 0.484. The first-order valence-corrected chi connectivity index (χ1v) is 13.9. The van der Waals surface area contributed by atoms with Crippen LogP contribution in [-0.2, 0) is 21.2 Å². The third-order valence-corrected chi connectivity index (χ3v) is 7.92. The van der Waals surface area contributed by atoms with Crippen molar-refractivity contribution in [2.45, 2.75) is 19.4 Å². The second kappa shape index (κ2) is 10.9. The molecule has 0 atom stereocenters. The maximum Gasteiger partial charge on any atom is 0.273 e. The number of methoxy groups -OCH3 is 1. The van der Waals surface area contributed by atoms with Crippen LogP contribution in [0.5, 0.6) is 5.75 Å². The van der Waals surface area contributed by atoms with E-state index >= 15 is 0 Å². The SMILES string of the molecule is [2H]C([2H])([2H])NC(=O)c1nnc(NC(=O)C2CC2)cc1Nc1cccc(-c2nc(CN3CCS(=O)(=O)CC3)no2)c1OC. The van der Waals surface area contributed by atoms with Gasteiger partial charge in [0.15, 0.2) is 32.9 Å². The first kappa shape index (κ1) is 22.8. The Balaban J connectivity index is 1.42. The molecule has 14 nitrogen and oxygen atoms in total. The number of benzene rings is 1. The minimum Gasteiger partial charge on any atom is -0.494 e. The number of carbonyl (C=O) groups excluding carboxylic acids is 2. The quantitative estimate of drug-likeness (QED) is 0.341. The molecule has 1 aliphatic heterocycles. The van der Waals surface area contributed by atoms with Crippen molar-refractivity contribution in [1.82, 2.24) is 30.6 Å². The molecule has 2 aromatic heterocycles. The van der Waals surface area contributed by atoms with Crippen molar-refractivity contribution >= 4 is 38.8 Å². The van der Waals surface area contributed by atoms with Crippen LogP contribution < -0.4 is 20.7 Å². The van der Waals surface area contributed by atoms with Gasteiger partial charge in [-0.3, -0.25) is 14.5 Å². The van der Waals surface area contributed by atoms with Crippen molar-refractivity contribution < 1.29 is 31.4 Å². The molecule has 2 fully saturated rings. The van der Waals surface area contributed by atoms with Crippen LogP contribution in [0, 0.1) is 5.92 Å². The fourth-order valence-electron chi connectivity index (χ4n) is 4.05. The molecule has 5 rings (SSSR count). The molecule has 2 aliphatic rings. The van der Waals surface area contributed by atoms with Crippen LogP contribution >= 0.6 is 0 Å². The van der Waals surface area contributed by atoms with Gasteiger partial charge < -0.3 is 25.2 Å². The van der Waals surface area contributed by atoms with E-state index < -0.39 is 22.7 Å². The average molecular weight is 560 g/mol. The van der Waals surface area contributed by atoms with E-state index in [1.807, 2.05) is 10.2 Å². The molecule has 2 amide bonds. The molecule has 1 aromatic carbocycles. The number of para-hydroxylation sites is 1. The van der Waals surface area contributed by atoms with Gasteiger partial charge in [-0.25, -0.2) is 8.42 Å². The molecule has 0 bridgehead atoms. The summed E-state index contributed by atoms with van der Waals surface area (Å²) in [4.78, 5) is 31.4. The summed E-state index contributed by atoms with van der Waals surface area (Å²) < 4.78 is 56.7. The third kappa shape index (κ3) is 6.15. The van der Waals surface area contributed by atoms with E-state index in [2.05, 4.69) is 31.0 Å². The zero-order chi connectivity index (χ0) is 30.1. The number of carbonyl (C=O) groups is 2. The number of rotatable bonds is 9. The number of nitrogens with one attached hydrogen (secondary N) is 3. The molecule has 1 aliphatic carbocycles. The molecule has 0 radical (unpaired) electrons. The van der Waals surface area contributed by atoms with Gasteiger partial charge in [0.05, 0.1) is 42.1 Å². The lowest BCUT2D eigenvalue weighted by Crippen LogP contribution is -2.39. The molecule has 3 heterocycles. The summed E-state index contributed by atoms with van der Waals surface area (Å²) in [7, 11) is -1.60. The minimum absolute atomic E-state index is 0.0552. The Morgan fingerprint density at radius 2 is 2.00 bits per heavy atom. The normalized spacial score (nSPS) is 18.3. The van der Waals surface area contributed by atoms with Gasteiger partial charge in [0.1, 0.15) is 0 Å². The molecule has 1 saturated carbocycles. The maximum absolute atomic E-state index is 12.8. The molecule has 0 spiro atoms. The third-order valence-electron chi connectivity index (χ3n) is 6.31. The van der Waals surface area contributed by atoms with E-state index in [-0.39, 0.29) is 52.2 Å². The van der Waals surface area contributed by atoms with Crippen molar-refractivity contribution in [3.8, 4) is 17.2 Å². The summed E-state index contributed by atoms with van der Waals surface area (Å²) in [5.74, 6) is -0.367. The van der Waals surface area contributed by atoms with Crippen molar-refractivity contribution in [1.29, 1.82) is 0 Å². The van der Waals surface area contributed by atoms with Gasteiger partial charge in [-0.2, -0.15) is 4.98 Å². The number of amides is 2. The predicted molar refractivity (Wildman–Crippen MR) is 140 cm³/mol. The van der Waals surface area contributed by atoms with Gasteiger partial charge in [0.25, 0.3) is 11.8 Å². The van der Waals surface area contributed by atoms with Gasteiger partial charge in [0.2, 0.25) is 5.91 Å². The van der Waals surface area contributed by atoms with E-state index in [1.54, 1.807) is 18.2 Å². The van der Waals surface area contributed by atoms with Crippen LogP contribution in [0.2, 0.25) is 0 Å². The summed E-state index contributed by atoms with van der Waals surface area (Å²) in [6.45, 7) is -1.73. The summed E-state index contributed by atoms with van der Waals surface area (Å²) >= 11 is 0. The number of ether oxygens (including phenoxy) is 1. The molecule has 3 N–H and O–H groups in total. The Bertz CT molecular complexity index is 1600. The number of anilines is 3. The zero-order valence-electron chi connectivity index (χ0n) is 23.9. The highest BCUT2D eigenvalue weighted by atomic mass is 32.2. The number of hydrogen-bond donors (Lipinski definition) is 3. The molecular formula is C24H28N8O6S. The summed E-state index contributed by atoms with van der Waals surface area (Å²) in [6, 6.07) is 6.37. The number of sulfone groups is 1. The van der Waals surface area contributed by atoms with E-state index in [0.29, 0.717) is 36.7 Å². The van der Waals surface area contributed by atoms with Crippen molar-refractivity contribution in [2.24, 2.45) is 5.92 Å². The Morgan fingerprint density at radius 3 is 2.72 bits per heavy atom. The zero-order valence-corrected chi connectivity index (χ0v) is 21.7. The van der Waals surface area contributed by atoms with Crippen LogP contribution in [0.15, 0.2) is 28.8 Å². The highest BCUT2D eigenvalue weighted by molar-refractivity contribution is 7.91. The van der Waals surface area contributed by atoms with Gasteiger partial charge >= 0.3 is 0 Å². The number of hydrogen-bond acceptors (Lipinski definition) is 12. The van der Waals surface area contributed by atoms with Gasteiger partial charge in [-0.1, -0.05) is 11.2 Å². The van der Waals surface area contributed by atoms with E-state index in [4.69, 9.17) is 13.4 Å². The van der Waals surface area contributed by atoms with Gasteiger partial charge in [-0.15, -0.1) is 10.2 Å². The number of aromatic nitrogens is 4. The monoisotopic (exact) mass is 559 g/mol. The summed E-state index contributed by atoms with van der Waals surface area (Å²) in [5, 5.41) is 19.4. The Labute approximate surface area is 228 Å². The van der Waals surface area contributed by atoms with Gasteiger partial charge in [-0.05, 0) is 25.0 Å². The second-order valence-electron chi connectivity index (χ2n) is 9.16. The molecule has 39 heavy (non-hydrogen) atoms. The Morgan fingerprint density at radius 1 is 1.21 bits per heavy atom. The van der Waals surface area contributed by atoms with Crippen LogP contribution in [-0.4, -0.2) is 84.2 Å². The molecule has 3 aromatic rings. The van der Waals surface area contributed by atoms with Crippen molar-refractivity contribution in [3.63, 3.8) is 0 Å². The summed E-state index contributed by atoms with van der Waals surface area (Å²) in [6.07, 6.45) is 1.54. The lowest BCUT2D eigenvalue weighted by Gasteiger charge is -2.24. The lowest BCUT2D eigenvalue weighted by molar-refractivity contribution is -0.117. The largest absolute Gasteiger partial charge is 0.494 e. The first-order chi connectivity index (χ1) is 19.9. The van der Waals surface area contributed by atoms with Crippen LogP contribution in [0.25, 0.3) is 11.5 Å². The molecule has 15 heteroatoms. The van der Waals surface area contributed by atoms with Crippen molar-refractivity contribution in [3.05, 3.63) is 35.8 Å². The maximum atomic E-state index is 12.8. The minimum atomic E-state index is -3.02. The highest BCUT2D eigenvalue weighted by Crippen LogP contribution is 2.38. The number of nitrogens with zero attached hydrogens (tertiary/aromatic N) is 5. The Hall–Kier alpha value is -4.11.